The fourth-order valence-electron chi connectivity index (χ4n) is 3.09. The highest BCUT2D eigenvalue weighted by molar-refractivity contribution is 6.07. The number of nitrogens with one attached hydrogen (secondary N) is 2. The molecule has 2 aromatic carbocycles. The minimum Gasteiger partial charge on any atom is -0.494 e. The second-order valence-electron chi connectivity index (χ2n) is 6.75. The summed E-state index contributed by atoms with van der Waals surface area (Å²) < 4.78 is 5.37. The van der Waals surface area contributed by atoms with Crippen molar-refractivity contribution in [2.45, 2.75) is 25.7 Å². The van der Waals surface area contributed by atoms with E-state index in [4.69, 9.17) is 4.74 Å². The van der Waals surface area contributed by atoms with Gasteiger partial charge in [0.2, 0.25) is 0 Å². The number of fused-ring (bicyclic) bond motifs is 1. The number of hydrazine groups is 1. The average Bonchev–Trinajstić information content (AvgIpc) is 3.57. The molecule has 0 saturated heterocycles. The van der Waals surface area contributed by atoms with Crippen LogP contribution in [0.5, 0.6) is 5.75 Å². The minimum absolute atomic E-state index is 0.361. The molecule has 1 saturated carbocycles. The first-order valence-electron chi connectivity index (χ1n) is 9.39. The zero-order valence-electron chi connectivity index (χ0n) is 15.6. The summed E-state index contributed by atoms with van der Waals surface area (Å²) in [5, 5.41) is 0.764. The summed E-state index contributed by atoms with van der Waals surface area (Å²) in [7, 11) is 0. The van der Waals surface area contributed by atoms with E-state index >= 15 is 0 Å². The lowest BCUT2D eigenvalue weighted by Crippen LogP contribution is -2.41. The number of pyridine rings is 1. The molecule has 0 unspecified atom stereocenters. The molecule has 2 amide bonds. The number of aromatic nitrogens is 1. The van der Waals surface area contributed by atoms with Crippen molar-refractivity contribution in [2.24, 2.45) is 0 Å². The Morgan fingerprint density at radius 2 is 1.75 bits per heavy atom. The number of ether oxygens (including phenoxy) is 1. The largest absolute Gasteiger partial charge is 0.494 e. The fraction of sp³-hybridized carbons (Fsp3) is 0.227. The molecule has 4 rings (SSSR count). The third-order valence-corrected chi connectivity index (χ3v) is 4.69. The van der Waals surface area contributed by atoms with E-state index in [0.29, 0.717) is 29.4 Å². The molecule has 2 N–H and O–H groups in total. The molecule has 1 aliphatic rings. The van der Waals surface area contributed by atoms with Crippen molar-refractivity contribution in [3.63, 3.8) is 0 Å². The first kappa shape index (κ1) is 18.0. The van der Waals surface area contributed by atoms with Crippen LogP contribution in [0.15, 0.2) is 54.6 Å². The molecule has 1 heterocycles. The van der Waals surface area contributed by atoms with Crippen molar-refractivity contribution >= 4 is 22.7 Å². The van der Waals surface area contributed by atoms with E-state index in [-0.39, 0.29) is 5.91 Å². The Morgan fingerprint density at radius 1 is 1.04 bits per heavy atom. The van der Waals surface area contributed by atoms with Crippen molar-refractivity contribution in [2.75, 3.05) is 6.61 Å². The molecule has 0 spiro atoms. The normalized spacial score (nSPS) is 13.2. The van der Waals surface area contributed by atoms with Crippen LogP contribution in [0, 0.1) is 0 Å². The van der Waals surface area contributed by atoms with Crippen LogP contribution in [0.2, 0.25) is 0 Å². The van der Waals surface area contributed by atoms with E-state index in [1.54, 1.807) is 24.3 Å². The van der Waals surface area contributed by atoms with Gasteiger partial charge in [0.05, 0.1) is 17.7 Å². The van der Waals surface area contributed by atoms with Crippen LogP contribution < -0.4 is 15.6 Å². The van der Waals surface area contributed by atoms with Gasteiger partial charge in [0, 0.05) is 22.6 Å². The lowest BCUT2D eigenvalue weighted by Gasteiger charge is -2.11. The van der Waals surface area contributed by atoms with Crippen molar-refractivity contribution in [3.05, 3.63) is 71.4 Å². The van der Waals surface area contributed by atoms with E-state index in [2.05, 4.69) is 15.8 Å². The molecule has 1 aliphatic carbocycles. The number of rotatable bonds is 5. The fourth-order valence-corrected chi connectivity index (χ4v) is 3.09. The van der Waals surface area contributed by atoms with Crippen molar-refractivity contribution in [3.8, 4) is 5.75 Å². The van der Waals surface area contributed by atoms with Gasteiger partial charge in [-0.25, -0.2) is 0 Å². The number of para-hydroxylation sites is 1. The molecule has 0 bridgehead atoms. The second kappa shape index (κ2) is 7.68. The molecule has 6 nitrogen and oxygen atoms in total. The Kier molecular flexibility index (Phi) is 4.93. The average molecular weight is 375 g/mol. The predicted molar refractivity (Wildman–Crippen MR) is 106 cm³/mol. The third kappa shape index (κ3) is 3.81. The van der Waals surface area contributed by atoms with Gasteiger partial charge < -0.3 is 4.74 Å². The number of hydrogen-bond donors (Lipinski definition) is 2. The lowest BCUT2D eigenvalue weighted by atomic mass is 10.1. The third-order valence-electron chi connectivity index (χ3n) is 4.69. The van der Waals surface area contributed by atoms with Gasteiger partial charge in [-0.3, -0.25) is 25.4 Å². The Hall–Kier alpha value is -3.41. The summed E-state index contributed by atoms with van der Waals surface area (Å²) in [6.07, 6.45) is 2.20. The standard InChI is InChI=1S/C22H21N3O3/c1-2-28-16-11-9-15(10-12-16)21(26)24-25-22(27)18-13-20(14-7-8-14)23-19-6-4-3-5-17(18)19/h3-6,9-14H,2,7-8H2,1H3,(H,24,26)(H,25,27). The highest BCUT2D eigenvalue weighted by Crippen LogP contribution is 2.40. The molecular weight excluding hydrogens is 354 g/mol. The van der Waals surface area contributed by atoms with E-state index in [1.165, 1.54) is 0 Å². The molecule has 142 valence electrons. The molecule has 0 radical (unpaired) electrons. The van der Waals surface area contributed by atoms with Crippen LogP contribution in [0.3, 0.4) is 0 Å². The van der Waals surface area contributed by atoms with E-state index < -0.39 is 5.91 Å². The number of hydrogen-bond acceptors (Lipinski definition) is 4. The quantitative estimate of drug-likeness (QED) is 0.668. The number of amides is 2. The Bertz CT molecular complexity index is 1030. The summed E-state index contributed by atoms with van der Waals surface area (Å²) in [5.41, 5.74) is 7.66. The van der Waals surface area contributed by atoms with Crippen LogP contribution in [0.4, 0.5) is 0 Å². The van der Waals surface area contributed by atoms with Crippen LogP contribution in [0.25, 0.3) is 10.9 Å². The van der Waals surface area contributed by atoms with Gasteiger partial charge >= 0.3 is 0 Å². The maximum absolute atomic E-state index is 12.8. The van der Waals surface area contributed by atoms with Gasteiger partial charge in [-0.1, -0.05) is 18.2 Å². The number of nitrogens with zero attached hydrogens (tertiary/aromatic N) is 1. The zero-order chi connectivity index (χ0) is 19.5. The van der Waals surface area contributed by atoms with Crippen LogP contribution in [0.1, 0.15) is 52.1 Å². The monoisotopic (exact) mass is 375 g/mol. The Morgan fingerprint density at radius 3 is 2.46 bits per heavy atom. The molecule has 0 atom stereocenters. The van der Waals surface area contributed by atoms with Crippen molar-refractivity contribution in [1.29, 1.82) is 0 Å². The Labute approximate surface area is 162 Å². The lowest BCUT2D eigenvalue weighted by molar-refractivity contribution is 0.0847. The summed E-state index contributed by atoms with van der Waals surface area (Å²) in [4.78, 5) is 29.7. The van der Waals surface area contributed by atoms with Gasteiger partial charge in [-0.2, -0.15) is 0 Å². The van der Waals surface area contributed by atoms with Crippen LogP contribution in [-0.2, 0) is 0 Å². The summed E-state index contributed by atoms with van der Waals surface area (Å²) in [6, 6.07) is 16.1. The van der Waals surface area contributed by atoms with E-state index in [0.717, 1.165) is 29.4 Å². The topological polar surface area (TPSA) is 80.3 Å². The first-order valence-corrected chi connectivity index (χ1v) is 9.39. The molecule has 1 aromatic heterocycles. The van der Waals surface area contributed by atoms with Gasteiger partial charge in [0.1, 0.15) is 5.75 Å². The summed E-state index contributed by atoms with van der Waals surface area (Å²) in [5.74, 6) is 0.366. The molecule has 6 heteroatoms. The maximum atomic E-state index is 12.8. The van der Waals surface area contributed by atoms with Gasteiger partial charge in [0.25, 0.3) is 11.8 Å². The van der Waals surface area contributed by atoms with Crippen LogP contribution in [-0.4, -0.2) is 23.4 Å². The van der Waals surface area contributed by atoms with E-state index in [9.17, 15) is 9.59 Å². The molecule has 0 aliphatic heterocycles. The van der Waals surface area contributed by atoms with Gasteiger partial charge in [0.15, 0.2) is 0 Å². The molecule has 1 fully saturated rings. The minimum atomic E-state index is -0.392. The van der Waals surface area contributed by atoms with E-state index in [1.807, 2.05) is 37.3 Å². The second-order valence-corrected chi connectivity index (χ2v) is 6.75. The molecule has 3 aromatic rings. The summed E-state index contributed by atoms with van der Waals surface area (Å²) in [6.45, 7) is 2.46. The zero-order valence-corrected chi connectivity index (χ0v) is 15.6. The van der Waals surface area contributed by atoms with Gasteiger partial charge in [-0.05, 0) is 56.2 Å². The number of benzene rings is 2. The SMILES string of the molecule is CCOc1ccc(C(=O)NNC(=O)c2cc(C3CC3)nc3ccccc23)cc1. The number of carbonyl (C=O) groups excluding carboxylic acids is 2. The number of carbonyl (C=O) groups is 2. The smallest absolute Gasteiger partial charge is 0.270 e. The van der Waals surface area contributed by atoms with Gasteiger partial charge in [-0.15, -0.1) is 0 Å². The van der Waals surface area contributed by atoms with Crippen molar-refractivity contribution in [1.82, 2.24) is 15.8 Å². The first-order chi connectivity index (χ1) is 13.7. The predicted octanol–water partition coefficient (Wildman–Crippen LogP) is 3.59. The Balaban J connectivity index is 1.50. The molecular formula is C22H21N3O3. The van der Waals surface area contributed by atoms with Crippen molar-refractivity contribution < 1.29 is 14.3 Å². The summed E-state index contributed by atoms with van der Waals surface area (Å²) >= 11 is 0. The maximum Gasteiger partial charge on any atom is 0.270 e. The van der Waals surface area contributed by atoms with Crippen LogP contribution >= 0.6 is 0 Å². The highest BCUT2D eigenvalue weighted by Gasteiger charge is 2.27. The highest BCUT2D eigenvalue weighted by atomic mass is 16.5. The molecule has 28 heavy (non-hydrogen) atoms.